The highest BCUT2D eigenvalue weighted by Crippen LogP contribution is 2.28. The molecule has 0 fully saturated rings. The monoisotopic (exact) mass is 132 g/mol. The second-order valence-corrected chi connectivity index (χ2v) is 2.34. The van der Waals surface area contributed by atoms with Crippen molar-refractivity contribution in [2.24, 2.45) is 0 Å². The Labute approximate surface area is 54.3 Å². The minimum absolute atomic E-state index is 0.910. The first-order chi connectivity index (χ1) is 3.84. The van der Waals surface area contributed by atoms with Crippen molar-refractivity contribution in [2.75, 3.05) is 7.11 Å². The van der Waals surface area contributed by atoms with Crippen LogP contribution in [0.3, 0.4) is 0 Å². The van der Waals surface area contributed by atoms with Crippen molar-refractivity contribution in [2.45, 2.75) is 19.3 Å². The Bertz CT molecular complexity index is 118. The van der Waals surface area contributed by atoms with Crippen molar-refractivity contribution >= 4 is 11.6 Å². The highest BCUT2D eigenvalue weighted by molar-refractivity contribution is 6.30. The van der Waals surface area contributed by atoms with Gasteiger partial charge in [-0.25, -0.2) is 0 Å². The molecule has 0 unspecified atom stereocenters. The molecule has 0 amide bonds. The van der Waals surface area contributed by atoms with Crippen molar-refractivity contribution in [1.29, 1.82) is 0 Å². The van der Waals surface area contributed by atoms with Gasteiger partial charge in [0.25, 0.3) is 0 Å². The first-order valence-electron chi connectivity index (χ1n) is 2.76. The molecular formula is C6H9ClO. The molecule has 0 spiro atoms. The number of rotatable bonds is 1. The minimum atomic E-state index is 0.910. The van der Waals surface area contributed by atoms with Gasteiger partial charge < -0.3 is 4.74 Å². The summed E-state index contributed by atoms with van der Waals surface area (Å²) in [4.78, 5) is 0. The molecule has 0 atom stereocenters. The van der Waals surface area contributed by atoms with Crippen LogP contribution in [0.5, 0.6) is 0 Å². The zero-order chi connectivity index (χ0) is 5.98. The van der Waals surface area contributed by atoms with Crippen LogP contribution < -0.4 is 0 Å². The summed E-state index contributed by atoms with van der Waals surface area (Å²) >= 11 is 5.73. The lowest BCUT2D eigenvalue weighted by Gasteiger charge is -1.96. The van der Waals surface area contributed by atoms with E-state index in [-0.39, 0.29) is 0 Å². The molecule has 0 N–H and O–H groups in total. The second-order valence-electron chi connectivity index (χ2n) is 1.89. The van der Waals surface area contributed by atoms with Gasteiger partial charge in [0.2, 0.25) is 0 Å². The Morgan fingerprint density at radius 1 is 1.50 bits per heavy atom. The smallest absolute Gasteiger partial charge is 0.110 e. The van der Waals surface area contributed by atoms with Crippen LogP contribution in [-0.2, 0) is 4.74 Å². The average Bonchev–Trinajstić information content (AvgIpc) is 2.14. The van der Waals surface area contributed by atoms with E-state index in [1.165, 1.54) is 0 Å². The van der Waals surface area contributed by atoms with Crippen LogP contribution in [-0.4, -0.2) is 7.11 Å². The summed E-state index contributed by atoms with van der Waals surface area (Å²) in [7, 11) is 1.67. The van der Waals surface area contributed by atoms with Crippen molar-refractivity contribution in [3.8, 4) is 0 Å². The highest BCUT2D eigenvalue weighted by Gasteiger charge is 2.11. The molecule has 1 rings (SSSR count). The fourth-order valence-electron chi connectivity index (χ4n) is 0.892. The van der Waals surface area contributed by atoms with Crippen LogP contribution >= 0.6 is 11.6 Å². The van der Waals surface area contributed by atoms with E-state index in [1.54, 1.807) is 7.11 Å². The third kappa shape index (κ3) is 0.972. The lowest BCUT2D eigenvalue weighted by atomic mass is 10.4. The molecule has 0 saturated heterocycles. The van der Waals surface area contributed by atoms with Crippen LogP contribution in [0.25, 0.3) is 0 Å². The summed E-state index contributed by atoms with van der Waals surface area (Å²) in [5.74, 6) is 0.978. The van der Waals surface area contributed by atoms with Crippen molar-refractivity contribution < 1.29 is 4.74 Å². The first-order valence-corrected chi connectivity index (χ1v) is 3.14. The van der Waals surface area contributed by atoms with Crippen molar-refractivity contribution in [3.05, 3.63) is 10.8 Å². The molecule has 1 aliphatic rings. The van der Waals surface area contributed by atoms with Crippen LogP contribution in [0.15, 0.2) is 10.8 Å². The Kier molecular flexibility index (Phi) is 1.79. The van der Waals surface area contributed by atoms with Gasteiger partial charge in [-0.3, -0.25) is 0 Å². The average molecular weight is 133 g/mol. The molecule has 0 aromatic heterocycles. The van der Waals surface area contributed by atoms with Gasteiger partial charge in [0, 0.05) is 6.42 Å². The van der Waals surface area contributed by atoms with Crippen LogP contribution in [0, 0.1) is 0 Å². The zero-order valence-electron chi connectivity index (χ0n) is 4.91. The molecule has 0 aromatic rings. The largest absolute Gasteiger partial charge is 0.500 e. The minimum Gasteiger partial charge on any atom is -0.500 e. The van der Waals surface area contributed by atoms with Crippen LogP contribution in [0.1, 0.15) is 19.3 Å². The summed E-state index contributed by atoms with van der Waals surface area (Å²) in [5, 5.41) is 0.910. The molecule has 2 heteroatoms. The van der Waals surface area contributed by atoms with E-state index in [0.717, 1.165) is 30.1 Å². The fourth-order valence-corrected chi connectivity index (χ4v) is 1.20. The molecule has 0 aromatic carbocycles. The summed E-state index contributed by atoms with van der Waals surface area (Å²) in [6.45, 7) is 0. The van der Waals surface area contributed by atoms with E-state index in [2.05, 4.69) is 0 Å². The van der Waals surface area contributed by atoms with E-state index in [0.29, 0.717) is 0 Å². The van der Waals surface area contributed by atoms with Crippen molar-refractivity contribution in [1.82, 2.24) is 0 Å². The molecule has 0 saturated carbocycles. The molecular weight excluding hydrogens is 124 g/mol. The number of ether oxygens (including phenoxy) is 1. The van der Waals surface area contributed by atoms with Gasteiger partial charge in [-0.05, 0) is 12.8 Å². The quantitative estimate of drug-likeness (QED) is 0.532. The maximum absolute atomic E-state index is 5.73. The molecule has 0 heterocycles. The third-order valence-corrected chi connectivity index (χ3v) is 1.75. The van der Waals surface area contributed by atoms with Gasteiger partial charge in [-0.15, -0.1) is 0 Å². The zero-order valence-corrected chi connectivity index (χ0v) is 5.66. The van der Waals surface area contributed by atoms with E-state index < -0.39 is 0 Å². The Morgan fingerprint density at radius 2 is 2.25 bits per heavy atom. The van der Waals surface area contributed by atoms with Gasteiger partial charge in [0.05, 0.1) is 12.1 Å². The topological polar surface area (TPSA) is 9.23 Å². The Morgan fingerprint density at radius 3 is 2.50 bits per heavy atom. The van der Waals surface area contributed by atoms with Gasteiger partial charge >= 0.3 is 0 Å². The number of halogens is 1. The summed E-state index contributed by atoms with van der Waals surface area (Å²) in [5.41, 5.74) is 0. The standard InChI is InChI=1S/C6H9ClO/c1-8-6-4-2-3-5(6)7/h2-4H2,1H3. The van der Waals surface area contributed by atoms with Gasteiger partial charge in [0.15, 0.2) is 0 Å². The van der Waals surface area contributed by atoms with E-state index in [9.17, 15) is 0 Å². The van der Waals surface area contributed by atoms with E-state index in [1.807, 2.05) is 0 Å². The number of hydrogen-bond acceptors (Lipinski definition) is 1. The first kappa shape index (κ1) is 5.96. The van der Waals surface area contributed by atoms with Gasteiger partial charge in [-0.2, -0.15) is 0 Å². The number of allylic oxidation sites excluding steroid dienone is 2. The third-order valence-electron chi connectivity index (χ3n) is 1.35. The molecule has 0 bridgehead atoms. The summed E-state index contributed by atoms with van der Waals surface area (Å²) in [6, 6.07) is 0. The second kappa shape index (κ2) is 2.40. The van der Waals surface area contributed by atoms with E-state index >= 15 is 0 Å². The Hall–Kier alpha value is -0.170. The maximum Gasteiger partial charge on any atom is 0.110 e. The highest BCUT2D eigenvalue weighted by atomic mass is 35.5. The number of hydrogen-bond donors (Lipinski definition) is 0. The maximum atomic E-state index is 5.73. The predicted molar refractivity (Wildman–Crippen MR) is 33.7 cm³/mol. The molecule has 0 radical (unpaired) electrons. The van der Waals surface area contributed by atoms with Crippen LogP contribution in [0.4, 0.5) is 0 Å². The molecule has 1 aliphatic carbocycles. The fraction of sp³-hybridized carbons (Fsp3) is 0.667. The molecule has 0 aliphatic heterocycles. The number of methoxy groups -OCH3 is 1. The van der Waals surface area contributed by atoms with Crippen molar-refractivity contribution in [3.63, 3.8) is 0 Å². The van der Waals surface area contributed by atoms with Gasteiger partial charge in [-0.1, -0.05) is 11.6 Å². The Balaban J connectivity index is 2.58. The lowest BCUT2D eigenvalue weighted by Crippen LogP contribution is -1.79. The van der Waals surface area contributed by atoms with Gasteiger partial charge in [0.1, 0.15) is 5.76 Å². The van der Waals surface area contributed by atoms with Crippen LogP contribution in [0.2, 0.25) is 0 Å². The normalized spacial score (nSPS) is 19.8. The summed E-state index contributed by atoms with van der Waals surface area (Å²) in [6.07, 6.45) is 3.18. The molecule has 1 nitrogen and oxygen atoms in total. The SMILES string of the molecule is COC1=C(Cl)CCC1. The molecule has 46 valence electrons. The van der Waals surface area contributed by atoms with E-state index in [4.69, 9.17) is 16.3 Å². The summed E-state index contributed by atoms with van der Waals surface area (Å²) < 4.78 is 4.97. The predicted octanol–water partition coefficient (Wildman–Crippen LogP) is 2.27. The lowest BCUT2D eigenvalue weighted by molar-refractivity contribution is 0.282. The molecule has 8 heavy (non-hydrogen) atoms.